The quantitative estimate of drug-likeness (QED) is 0.851. The smallest absolute Gasteiger partial charge is 0.337 e. The number of fused-ring (bicyclic) bond motifs is 1. The topological polar surface area (TPSA) is 63.3 Å². The first-order valence-corrected chi connectivity index (χ1v) is 4.68. The second kappa shape index (κ2) is 3.09. The zero-order valence-corrected chi connectivity index (χ0v) is 8.83. The van der Waals surface area contributed by atoms with Gasteiger partial charge in [-0.15, -0.1) is 0 Å². The van der Waals surface area contributed by atoms with E-state index < -0.39 is 5.97 Å². The van der Waals surface area contributed by atoms with Gasteiger partial charge in [-0.3, -0.25) is 0 Å². The van der Waals surface area contributed by atoms with Crippen LogP contribution in [0.2, 0.25) is 0 Å². The Balaban J connectivity index is 2.94. The van der Waals surface area contributed by atoms with Crippen molar-refractivity contribution in [3.8, 4) is 0 Å². The molecule has 2 aromatic rings. The summed E-state index contributed by atoms with van der Waals surface area (Å²) in [4.78, 5) is 11.0. The Bertz CT molecular complexity index is 518. The Morgan fingerprint density at radius 3 is 2.93 bits per heavy atom. The molecular weight excluding hydrogens is 250 g/mol. The number of halogens is 1. The summed E-state index contributed by atoms with van der Waals surface area (Å²) in [6.45, 7) is 1.71. The molecule has 1 N–H and O–H groups in total. The molecule has 1 aromatic heterocycles. The van der Waals surface area contributed by atoms with Crippen LogP contribution in [0.15, 0.2) is 21.1 Å². The van der Waals surface area contributed by atoms with E-state index in [0.29, 0.717) is 21.1 Å². The molecule has 1 heterocycles. The number of aromatic carboxylic acids is 1. The molecule has 0 amide bonds. The summed E-state index contributed by atoms with van der Waals surface area (Å²) in [6, 6.07) is 3.32. The second-order valence-electron chi connectivity index (χ2n) is 2.87. The average Bonchev–Trinajstić information content (AvgIpc) is 2.47. The summed E-state index contributed by atoms with van der Waals surface area (Å²) in [5, 5.41) is 13.3. The first-order chi connectivity index (χ1) is 6.61. The third kappa shape index (κ3) is 1.21. The fourth-order valence-electron chi connectivity index (χ4n) is 1.37. The van der Waals surface area contributed by atoms with E-state index in [1.807, 2.05) is 0 Å². The Labute approximate surface area is 87.6 Å². The Morgan fingerprint density at radius 2 is 2.29 bits per heavy atom. The van der Waals surface area contributed by atoms with E-state index in [4.69, 9.17) is 9.63 Å². The molecule has 0 spiro atoms. The zero-order valence-electron chi connectivity index (χ0n) is 7.24. The van der Waals surface area contributed by atoms with Crippen molar-refractivity contribution in [2.45, 2.75) is 6.92 Å². The van der Waals surface area contributed by atoms with Crippen molar-refractivity contribution in [1.29, 1.82) is 0 Å². The normalized spacial score (nSPS) is 10.7. The summed E-state index contributed by atoms with van der Waals surface area (Å²) < 4.78 is 5.49. The van der Waals surface area contributed by atoms with E-state index in [2.05, 4.69) is 21.1 Å². The molecule has 4 nitrogen and oxygen atoms in total. The van der Waals surface area contributed by atoms with Crippen LogP contribution in [-0.4, -0.2) is 16.2 Å². The summed E-state index contributed by atoms with van der Waals surface area (Å²) in [5.41, 5.74) is 1.27. The van der Waals surface area contributed by atoms with Gasteiger partial charge >= 0.3 is 5.97 Å². The van der Waals surface area contributed by atoms with Gasteiger partial charge in [0, 0.05) is 4.47 Å². The van der Waals surface area contributed by atoms with E-state index in [0.717, 1.165) is 0 Å². The molecule has 72 valence electrons. The molecule has 0 saturated heterocycles. The number of hydrogen-bond acceptors (Lipinski definition) is 3. The Hall–Kier alpha value is -1.36. The van der Waals surface area contributed by atoms with Gasteiger partial charge in [-0.25, -0.2) is 4.79 Å². The first-order valence-electron chi connectivity index (χ1n) is 3.89. The SMILES string of the molecule is Cc1noc2ccc(Br)c(C(=O)O)c12. The van der Waals surface area contributed by atoms with E-state index in [1.165, 1.54) is 0 Å². The van der Waals surface area contributed by atoms with Gasteiger partial charge in [-0.2, -0.15) is 0 Å². The standard InChI is InChI=1S/C9H6BrNO3/c1-4-7-6(14-11-4)3-2-5(10)8(7)9(12)13/h2-3H,1H3,(H,12,13). The third-order valence-electron chi connectivity index (χ3n) is 1.97. The number of rotatable bonds is 1. The minimum absolute atomic E-state index is 0.196. The van der Waals surface area contributed by atoms with E-state index in [9.17, 15) is 4.79 Å². The maximum absolute atomic E-state index is 11.0. The molecule has 0 radical (unpaired) electrons. The molecule has 0 atom stereocenters. The molecule has 0 bridgehead atoms. The van der Waals surface area contributed by atoms with E-state index in [-0.39, 0.29) is 5.56 Å². The predicted octanol–water partition coefficient (Wildman–Crippen LogP) is 2.60. The van der Waals surface area contributed by atoms with Crippen molar-refractivity contribution in [1.82, 2.24) is 5.16 Å². The van der Waals surface area contributed by atoms with Gasteiger partial charge in [0.1, 0.15) is 0 Å². The highest BCUT2D eigenvalue weighted by Gasteiger charge is 2.17. The highest BCUT2D eigenvalue weighted by Crippen LogP contribution is 2.28. The van der Waals surface area contributed by atoms with Crippen LogP contribution in [0.4, 0.5) is 0 Å². The first kappa shape index (κ1) is 9.21. The summed E-state index contributed by atoms with van der Waals surface area (Å²) in [6.07, 6.45) is 0. The molecule has 2 rings (SSSR count). The van der Waals surface area contributed by atoms with E-state index >= 15 is 0 Å². The fraction of sp³-hybridized carbons (Fsp3) is 0.111. The zero-order chi connectivity index (χ0) is 10.3. The lowest BCUT2D eigenvalue weighted by atomic mass is 10.1. The maximum atomic E-state index is 11.0. The van der Waals surface area contributed by atoms with Crippen molar-refractivity contribution < 1.29 is 14.4 Å². The van der Waals surface area contributed by atoms with Crippen LogP contribution in [-0.2, 0) is 0 Å². The molecule has 14 heavy (non-hydrogen) atoms. The van der Waals surface area contributed by atoms with Gasteiger partial charge < -0.3 is 9.63 Å². The molecule has 0 aliphatic carbocycles. The number of nitrogens with zero attached hydrogens (tertiary/aromatic N) is 1. The lowest BCUT2D eigenvalue weighted by molar-refractivity contribution is 0.0698. The number of aromatic nitrogens is 1. The minimum atomic E-state index is -0.992. The van der Waals surface area contributed by atoms with Crippen LogP contribution >= 0.6 is 15.9 Å². The van der Waals surface area contributed by atoms with Crippen LogP contribution in [0.1, 0.15) is 16.1 Å². The molecule has 0 unspecified atom stereocenters. The molecule has 0 aliphatic rings. The van der Waals surface area contributed by atoms with Crippen molar-refractivity contribution in [2.24, 2.45) is 0 Å². The summed E-state index contributed by atoms with van der Waals surface area (Å²) in [5.74, 6) is -0.992. The van der Waals surface area contributed by atoms with E-state index in [1.54, 1.807) is 19.1 Å². The highest BCUT2D eigenvalue weighted by molar-refractivity contribution is 9.10. The van der Waals surface area contributed by atoms with Crippen LogP contribution in [0.3, 0.4) is 0 Å². The average molecular weight is 256 g/mol. The largest absolute Gasteiger partial charge is 0.478 e. The van der Waals surface area contributed by atoms with Crippen LogP contribution < -0.4 is 0 Å². The summed E-state index contributed by atoms with van der Waals surface area (Å²) >= 11 is 3.19. The van der Waals surface area contributed by atoms with Crippen molar-refractivity contribution in [3.63, 3.8) is 0 Å². The fourth-order valence-corrected chi connectivity index (χ4v) is 1.87. The molecule has 0 fully saturated rings. The van der Waals surface area contributed by atoms with Crippen molar-refractivity contribution >= 4 is 32.9 Å². The van der Waals surface area contributed by atoms with Crippen molar-refractivity contribution in [2.75, 3.05) is 0 Å². The Morgan fingerprint density at radius 1 is 1.57 bits per heavy atom. The molecular formula is C9H6BrNO3. The van der Waals surface area contributed by atoms with Crippen LogP contribution in [0.5, 0.6) is 0 Å². The minimum Gasteiger partial charge on any atom is -0.478 e. The Kier molecular flexibility index (Phi) is 2.03. The number of aryl methyl sites for hydroxylation is 1. The predicted molar refractivity (Wildman–Crippen MR) is 53.4 cm³/mol. The molecule has 5 heteroatoms. The van der Waals surface area contributed by atoms with Gasteiger partial charge in [0.2, 0.25) is 0 Å². The van der Waals surface area contributed by atoms with Gasteiger partial charge in [0.05, 0.1) is 16.6 Å². The number of carboxylic acids is 1. The van der Waals surface area contributed by atoms with Crippen molar-refractivity contribution in [3.05, 3.63) is 27.9 Å². The number of hydrogen-bond donors (Lipinski definition) is 1. The molecule has 1 aromatic carbocycles. The maximum Gasteiger partial charge on any atom is 0.337 e. The van der Waals surface area contributed by atoms with Gasteiger partial charge in [0.15, 0.2) is 5.58 Å². The van der Waals surface area contributed by atoms with Gasteiger partial charge in [0.25, 0.3) is 0 Å². The lowest BCUT2D eigenvalue weighted by Crippen LogP contribution is -1.98. The van der Waals surface area contributed by atoms with Crippen LogP contribution in [0, 0.1) is 6.92 Å². The summed E-state index contributed by atoms with van der Waals surface area (Å²) in [7, 11) is 0. The lowest BCUT2D eigenvalue weighted by Gasteiger charge is -1.99. The molecule has 0 saturated carbocycles. The van der Waals surface area contributed by atoms with Crippen LogP contribution in [0.25, 0.3) is 11.0 Å². The van der Waals surface area contributed by atoms with Gasteiger partial charge in [-0.1, -0.05) is 5.16 Å². The number of carbonyl (C=O) groups is 1. The third-order valence-corrected chi connectivity index (χ3v) is 2.63. The van der Waals surface area contributed by atoms with Gasteiger partial charge in [-0.05, 0) is 35.0 Å². The monoisotopic (exact) mass is 255 g/mol. The highest BCUT2D eigenvalue weighted by atomic mass is 79.9. The number of benzene rings is 1. The number of carboxylic acid groups (broad SMARTS) is 1. The molecule has 0 aliphatic heterocycles. The second-order valence-corrected chi connectivity index (χ2v) is 3.72.